The molecule has 0 radical (unpaired) electrons. The van der Waals surface area contributed by atoms with Crippen LogP contribution in [0.25, 0.3) is 28.0 Å². The molecule has 3 heterocycles. The number of nitro benzene ring substituents is 1. The minimum atomic E-state index is -0.408. The van der Waals surface area contributed by atoms with Gasteiger partial charge in [0.1, 0.15) is 11.5 Å². The number of fused-ring (bicyclic) bond motifs is 1. The van der Waals surface area contributed by atoms with Gasteiger partial charge in [0, 0.05) is 62.2 Å². The van der Waals surface area contributed by atoms with E-state index in [0.29, 0.717) is 38.3 Å². The molecule has 3 aromatic carbocycles. The van der Waals surface area contributed by atoms with E-state index in [9.17, 15) is 19.3 Å². The number of hydrogen-bond donors (Lipinski definition) is 0. The lowest BCUT2D eigenvalue weighted by Crippen LogP contribution is -2.48. The molecule has 9 heteroatoms. The van der Waals surface area contributed by atoms with E-state index in [0.717, 1.165) is 33.7 Å². The zero-order valence-electron chi connectivity index (χ0n) is 22.5. The lowest BCUT2D eigenvalue weighted by molar-refractivity contribution is -0.384. The van der Waals surface area contributed by atoms with Gasteiger partial charge in [-0.2, -0.15) is 0 Å². The van der Waals surface area contributed by atoms with E-state index in [2.05, 4.69) is 46.7 Å². The fraction of sp³-hybridized carbons (Fsp3) is 0.188. The van der Waals surface area contributed by atoms with Crippen LogP contribution in [-0.4, -0.2) is 56.2 Å². The molecule has 8 nitrogen and oxygen atoms in total. The number of aromatic nitrogens is 2. The third-order valence-electron chi connectivity index (χ3n) is 7.54. The quantitative estimate of drug-likeness (QED) is 0.192. The first kappa shape index (κ1) is 26.3. The van der Waals surface area contributed by atoms with E-state index in [-0.39, 0.29) is 17.4 Å². The van der Waals surface area contributed by atoms with Gasteiger partial charge in [-0.15, -0.1) is 0 Å². The average Bonchev–Trinajstić information content (AvgIpc) is 3.35. The maximum absolute atomic E-state index is 13.3. The van der Waals surface area contributed by atoms with E-state index in [4.69, 9.17) is 4.98 Å². The topological polar surface area (TPSA) is 84.0 Å². The molecule has 2 aromatic heterocycles. The Labute approximate surface area is 236 Å². The van der Waals surface area contributed by atoms with Crippen LogP contribution in [0.15, 0.2) is 91.1 Å². The van der Waals surface area contributed by atoms with E-state index in [1.807, 2.05) is 12.1 Å². The van der Waals surface area contributed by atoms with Crippen molar-refractivity contribution in [1.29, 1.82) is 0 Å². The fourth-order valence-electron chi connectivity index (χ4n) is 5.31. The number of non-ortho nitro benzene ring substituents is 1. The molecule has 1 amide bonds. The minimum absolute atomic E-state index is 0.0303. The van der Waals surface area contributed by atoms with Crippen LogP contribution in [0.4, 0.5) is 10.1 Å². The Morgan fingerprint density at radius 3 is 2.29 bits per heavy atom. The van der Waals surface area contributed by atoms with Crippen LogP contribution < -0.4 is 0 Å². The first-order valence-corrected chi connectivity index (χ1v) is 13.5. The molecule has 0 spiro atoms. The van der Waals surface area contributed by atoms with Gasteiger partial charge < -0.3 is 9.30 Å². The molecule has 0 saturated carbocycles. The number of nitro groups is 1. The molecule has 1 aliphatic rings. The summed E-state index contributed by atoms with van der Waals surface area (Å²) in [6.07, 6.45) is 2.09. The minimum Gasteiger partial charge on any atom is -0.336 e. The second-order valence-corrected chi connectivity index (χ2v) is 10.3. The lowest BCUT2D eigenvalue weighted by Gasteiger charge is -2.34. The normalized spacial score (nSPS) is 14.0. The number of halogens is 1. The number of pyridine rings is 1. The Morgan fingerprint density at radius 1 is 0.902 bits per heavy atom. The molecule has 1 saturated heterocycles. The molecular formula is C32H28FN5O3. The largest absolute Gasteiger partial charge is 0.336 e. The summed E-state index contributed by atoms with van der Waals surface area (Å²) in [5.74, 6) is -0.470. The van der Waals surface area contributed by atoms with E-state index in [1.165, 1.54) is 42.0 Å². The van der Waals surface area contributed by atoms with Crippen molar-refractivity contribution < 1.29 is 14.1 Å². The predicted octanol–water partition coefficient (Wildman–Crippen LogP) is 5.98. The number of amides is 1. The van der Waals surface area contributed by atoms with Crippen molar-refractivity contribution in [1.82, 2.24) is 19.2 Å². The van der Waals surface area contributed by atoms with E-state index >= 15 is 0 Å². The number of rotatable bonds is 6. The Kier molecular flexibility index (Phi) is 7.03. The summed E-state index contributed by atoms with van der Waals surface area (Å²) < 4.78 is 15.4. The summed E-state index contributed by atoms with van der Waals surface area (Å²) in [5.41, 5.74) is 7.18. The van der Waals surface area contributed by atoms with Crippen molar-refractivity contribution in [3.63, 3.8) is 0 Å². The molecule has 0 aliphatic carbocycles. The van der Waals surface area contributed by atoms with Gasteiger partial charge in [-0.1, -0.05) is 29.8 Å². The number of imidazole rings is 1. The van der Waals surface area contributed by atoms with E-state index in [1.54, 1.807) is 17.0 Å². The highest BCUT2D eigenvalue weighted by Gasteiger charge is 2.25. The second kappa shape index (κ2) is 10.9. The maximum Gasteiger partial charge on any atom is 0.269 e. The highest BCUT2D eigenvalue weighted by Crippen LogP contribution is 2.30. The summed E-state index contributed by atoms with van der Waals surface area (Å²) in [5, 5.41) is 11.2. The van der Waals surface area contributed by atoms with Crippen LogP contribution in [0.1, 0.15) is 21.6 Å². The molecule has 0 bridgehead atoms. The SMILES string of the molecule is Cc1cccc(-c2ccc3nc(-c4ccc([N+](=O)[O-])cc4)c(CN4CCN(C(=O)c5ccc(F)cc5)CC4)n3c2)c1. The van der Waals surface area contributed by atoms with Gasteiger partial charge in [-0.05, 0) is 66.6 Å². The van der Waals surface area contributed by atoms with Gasteiger partial charge in [0.25, 0.3) is 11.6 Å². The van der Waals surface area contributed by atoms with Crippen molar-refractivity contribution in [2.45, 2.75) is 13.5 Å². The van der Waals surface area contributed by atoms with Crippen LogP contribution in [0, 0.1) is 22.9 Å². The molecule has 5 aromatic rings. The third-order valence-corrected chi connectivity index (χ3v) is 7.54. The fourth-order valence-corrected chi connectivity index (χ4v) is 5.31. The van der Waals surface area contributed by atoms with E-state index < -0.39 is 4.92 Å². The second-order valence-electron chi connectivity index (χ2n) is 10.3. The molecule has 206 valence electrons. The van der Waals surface area contributed by atoms with Crippen LogP contribution in [-0.2, 0) is 6.54 Å². The monoisotopic (exact) mass is 549 g/mol. The number of benzene rings is 3. The maximum atomic E-state index is 13.3. The highest BCUT2D eigenvalue weighted by molar-refractivity contribution is 5.94. The van der Waals surface area contributed by atoms with Crippen molar-refractivity contribution in [3.05, 3.63) is 124 Å². The summed E-state index contributed by atoms with van der Waals surface area (Å²) in [7, 11) is 0. The first-order chi connectivity index (χ1) is 19.9. The molecule has 1 fully saturated rings. The van der Waals surface area contributed by atoms with Gasteiger partial charge in [0.15, 0.2) is 0 Å². The molecule has 6 rings (SSSR count). The van der Waals surface area contributed by atoms with Gasteiger partial charge in [0.05, 0.1) is 16.3 Å². The Bertz CT molecular complexity index is 1740. The molecule has 0 atom stereocenters. The van der Waals surface area contributed by atoms with Crippen molar-refractivity contribution in [2.24, 2.45) is 0 Å². The van der Waals surface area contributed by atoms with Gasteiger partial charge in [-0.3, -0.25) is 19.8 Å². The summed E-state index contributed by atoms with van der Waals surface area (Å²) in [6, 6.07) is 24.5. The standard InChI is InChI=1S/C32H28FN5O3/c1-22-3-2-4-25(19-22)26-9-14-30-34-31(23-7-12-28(13-8-23)38(40)41)29(37(30)20-26)21-35-15-17-36(18-16-35)32(39)24-5-10-27(33)11-6-24/h2-14,19-20H,15-18,21H2,1H3. The number of nitrogens with zero attached hydrogens (tertiary/aromatic N) is 5. The highest BCUT2D eigenvalue weighted by atomic mass is 19.1. The summed E-state index contributed by atoms with van der Waals surface area (Å²) in [4.78, 5) is 32.8. The predicted molar refractivity (Wildman–Crippen MR) is 155 cm³/mol. The summed E-state index contributed by atoms with van der Waals surface area (Å²) >= 11 is 0. The molecule has 41 heavy (non-hydrogen) atoms. The van der Waals surface area contributed by atoms with Crippen molar-refractivity contribution >= 4 is 17.2 Å². The van der Waals surface area contributed by atoms with Crippen LogP contribution in [0.2, 0.25) is 0 Å². The lowest BCUT2D eigenvalue weighted by atomic mass is 10.1. The van der Waals surface area contributed by atoms with Gasteiger partial charge >= 0.3 is 0 Å². The number of carbonyl (C=O) groups excluding carboxylic acids is 1. The molecule has 0 unspecified atom stereocenters. The Hall–Kier alpha value is -4.89. The number of aryl methyl sites for hydroxylation is 1. The van der Waals surface area contributed by atoms with Gasteiger partial charge in [0.2, 0.25) is 0 Å². The smallest absolute Gasteiger partial charge is 0.269 e. The van der Waals surface area contributed by atoms with Crippen LogP contribution >= 0.6 is 0 Å². The molecule has 1 aliphatic heterocycles. The zero-order chi connectivity index (χ0) is 28.5. The number of carbonyl (C=O) groups is 1. The summed E-state index contributed by atoms with van der Waals surface area (Å²) in [6.45, 7) is 5.08. The third kappa shape index (κ3) is 5.44. The van der Waals surface area contributed by atoms with Crippen LogP contribution in [0.3, 0.4) is 0 Å². The number of piperazine rings is 1. The van der Waals surface area contributed by atoms with Crippen LogP contribution in [0.5, 0.6) is 0 Å². The molecule has 0 N–H and O–H groups in total. The number of hydrogen-bond acceptors (Lipinski definition) is 5. The van der Waals surface area contributed by atoms with Crippen molar-refractivity contribution in [2.75, 3.05) is 26.2 Å². The average molecular weight is 550 g/mol. The molecular weight excluding hydrogens is 521 g/mol. The van der Waals surface area contributed by atoms with Crippen molar-refractivity contribution in [3.8, 4) is 22.4 Å². The van der Waals surface area contributed by atoms with Gasteiger partial charge in [-0.25, -0.2) is 9.37 Å². The Morgan fingerprint density at radius 2 is 1.61 bits per heavy atom. The Balaban J connectivity index is 1.31. The first-order valence-electron chi connectivity index (χ1n) is 13.5. The zero-order valence-corrected chi connectivity index (χ0v) is 22.5.